The van der Waals surface area contributed by atoms with Crippen LogP contribution in [0.2, 0.25) is 0 Å². The van der Waals surface area contributed by atoms with Crippen molar-refractivity contribution >= 4 is 11.9 Å². The number of carbonyl (C=O) groups is 1. The summed E-state index contributed by atoms with van der Waals surface area (Å²) in [7, 11) is 0. The largest absolute Gasteiger partial charge is 0.484 e. The van der Waals surface area contributed by atoms with Gasteiger partial charge < -0.3 is 9.47 Å². The molecule has 29 heavy (non-hydrogen) atoms. The maximum atomic E-state index is 12.5. The van der Waals surface area contributed by atoms with Crippen molar-refractivity contribution in [2.75, 3.05) is 13.2 Å². The summed E-state index contributed by atoms with van der Waals surface area (Å²) in [6.45, 7) is -1.39. The summed E-state index contributed by atoms with van der Waals surface area (Å²) >= 11 is 0. The number of ether oxygens (including phenoxy) is 2. The Morgan fingerprint density at radius 1 is 0.897 bits per heavy atom. The normalized spacial score (nSPS) is 12.2. The van der Waals surface area contributed by atoms with Crippen molar-refractivity contribution in [3.05, 3.63) is 65.2 Å². The molecule has 0 saturated carbocycles. The first-order valence-electron chi connectivity index (χ1n) is 8.25. The van der Waals surface area contributed by atoms with Crippen LogP contribution in [0.15, 0.2) is 48.5 Å². The van der Waals surface area contributed by atoms with E-state index in [-0.39, 0.29) is 11.3 Å². The molecule has 9 heteroatoms. The van der Waals surface area contributed by atoms with Crippen LogP contribution in [-0.4, -0.2) is 31.3 Å². The summed E-state index contributed by atoms with van der Waals surface area (Å²) < 4.78 is 83.4. The van der Waals surface area contributed by atoms with Gasteiger partial charge in [0.05, 0.1) is 5.56 Å². The molecule has 156 valence electrons. The van der Waals surface area contributed by atoms with E-state index >= 15 is 0 Å². The van der Waals surface area contributed by atoms with Crippen LogP contribution >= 0.6 is 0 Å². The zero-order valence-corrected chi connectivity index (χ0v) is 15.1. The summed E-state index contributed by atoms with van der Waals surface area (Å²) in [5.74, 6) is -1.49. The smallest absolute Gasteiger partial charge is 0.422 e. The molecule has 0 atom stereocenters. The van der Waals surface area contributed by atoms with Gasteiger partial charge >= 0.3 is 12.4 Å². The summed E-state index contributed by atoms with van der Waals surface area (Å²) in [5.41, 5.74) is 1.30. The Balaban J connectivity index is 2.27. The van der Waals surface area contributed by atoms with Gasteiger partial charge in [-0.3, -0.25) is 4.79 Å². The molecule has 0 bridgehead atoms. The van der Waals surface area contributed by atoms with Crippen molar-refractivity contribution in [3.63, 3.8) is 0 Å². The Hall–Kier alpha value is -2.97. The molecular weight excluding hydrogens is 402 g/mol. The van der Waals surface area contributed by atoms with Crippen LogP contribution < -0.4 is 9.47 Å². The highest BCUT2D eigenvalue weighted by Crippen LogP contribution is 2.28. The van der Waals surface area contributed by atoms with E-state index in [0.29, 0.717) is 5.56 Å². The van der Waals surface area contributed by atoms with Crippen molar-refractivity contribution in [1.82, 2.24) is 0 Å². The Labute approximate surface area is 162 Å². The molecule has 2 aromatic carbocycles. The Morgan fingerprint density at radius 3 is 2.07 bits per heavy atom. The van der Waals surface area contributed by atoms with Crippen molar-refractivity contribution in [2.45, 2.75) is 19.3 Å². The van der Waals surface area contributed by atoms with E-state index in [2.05, 4.69) is 9.47 Å². The Bertz CT molecular complexity index is 867. The van der Waals surface area contributed by atoms with Crippen LogP contribution in [0.5, 0.6) is 11.5 Å². The number of hydrogen-bond acceptors (Lipinski definition) is 3. The fourth-order valence-corrected chi connectivity index (χ4v) is 2.18. The molecule has 0 aliphatic heterocycles. The quantitative estimate of drug-likeness (QED) is 0.325. The van der Waals surface area contributed by atoms with Crippen molar-refractivity contribution in [2.24, 2.45) is 0 Å². The van der Waals surface area contributed by atoms with E-state index in [9.17, 15) is 31.1 Å². The van der Waals surface area contributed by atoms with E-state index in [0.717, 1.165) is 29.8 Å². The number of benzene rings is 2. The van der Waals surface area contributed by atoms with E-state index in [4.69, 9.17) is 0 Å². The third-order valence-corrected chi connectivity index (χ3v) is 3.51. The van der Waals surface area contributed by atoms with E-state index in [1.807, 2.05) is 6.92 Å². The SMILES string of the molecule is Cc1ccc(C=CC(=O)c2cc(OCC(F)(F)F)ccc2OCC(F)(F)F)cc1. The molecule has 0 saturated heterocycles. The number of alkyl halides is 6. The van der Waals surface area contributed by atoms with Crippen molar-refractivity contribution in [3.8, 4) is 11.5 Å². The first-order valence-corrected chi connectivity index (χ1v) is 8.25. The third kappa shape index (κ3) is 7.89. The minimum atomic E-state index is -4.65. The number of aryl methyl sites for hydroxylation is 1. The van der Waals surface area contributed by atoms with Crippen LogP contribution in [0, 0.1) is 6.92 Å². The predicted octanol–water partition coefficient (Wildman–Crippen LogP) is 5.77. The van der Waals surface area contributed by atoms with Gasteiger partial charge in [0.2, 0.25) is 0 Å². The average molecular weight is 418 g/mol. The molecule has 0 aliphatic rings. The van der Waals surface area contributed by atoms with Gasteiger partial charge in [-0.1, -0.05) is 35.9 Å². The third-order valence-electron chi connectivity index (χ3n) is 3.51. The number of halogens is 6. The lowest BCUT2D eigenvalue weighted by Crippen LogP contribution is -2.21. The van der Waals surface area contributed by atoms with Gasteiger partial charge in [0.25, 0.3) is 0 Å². The molecule has 0 unspecified atom stereocenters. The highest BCUT2D eigenvalue weighted by Gasteiger charge is 2.30. The number of hydrogen-bond donors (Lipinski definition) is 0. The highest BCUT2D eigenvalue weighted by molar-refractivity contribution is 6.08. The zero-order chi connectivity index (χ0) is 21.7. The molecule has 0 radical (unpaired) electrons. The molecule has 0 N–H and O–H groups in total. The average Bonchev–Trinajstić information content (AvgIpc) is 2.63. The van der Waals surface area contributed by atoms with E-state index < -0.39 is 37.1 Å². The first kappa shape index (κ1) is 22.3. The number of carbonyl (C=O) groups excluding carboxylic acids is 1. The van der Waals surface area contributed by atoms with Crippen molar-refractivity contribution < 1.29 is 40.6 Å². The zero-order valence-electron chi connectivity index (χ0n) is 15.1. The summed E-state index contributed by atoms with van der Waals surface area (Å²) in [5, 5.41) is 0. The van der Waals surface area contributed by atoms with Gasteiger partial charge in [-0.2, -0.15) is 26.3 Å². The van der Waals surface area contributed by atoms with Crippen LogP contribution in [0.1, 0.15) is 21.5 Å². The fourth-order valence-electron chi connectivity index (χ4n) is 2.18. The number of allylic oxidation sites excluding steroid dienone is 1. The molecule has 0 aromatic heterocycles. The van der Waals surface area contributed by atoms with Crippen LogP contribution in [-0.2, 0) is 0 Å². The maximum absolute atomic E-state index is 12.5. The summed E-state index contributed by atoms with van der Waals surface area (Å²) in [4.78, 5) is 12.5. The van der Waals surface area contributed by atoms with Crippen LogP contribution in [0.3, 0.4) is 0 Å². The molecule has 0 aliphatic carbocycles. The lowest BCUT2D eigenvalue weighted by molar-refractivity contribution is -0.154. The Morgan fingerprint density at radius 2 is 1.48 bits per heavy atom. The summed E-state index contributed by atoms with van der Waals surface area (Å²) in [6.07, 6.45) is -6.74. The standard InChI is InChI=1S/C20H16F6O3/c1-13-2-4-14(5-3-13)6-8-17(27)16-10-15(28-11-19(21,22)23)7-9-18(16)29-12-20(24,25)26/h2-10H,11-12H2,1H3. The second kappa shape index (κ2) is 9.02. The van der Waals surface area contributed by atoms with Gasteiger partial charge in [-0.05, 0) is 36.8 Å². The predicted molar refractivity (Wildman–Crippen MR) is 94.1 cm³/mol. The lowest BCUT2D eigenvalue weighted by Gasteiger charge is -2.14. The molecule has 2 rings (SSSR count). The van der Waals surface area contributed by atoms with Gasteiger partial charge in [0, 0.05) is 0 Å². The minimum absolute atomic E-state index is 0.325. The summed E-state index contributed by atoms with van der Waals surface area (Å²) in [6, 6.07) is 9.93. The minimum Gasteiger partial charge on any atom is -0.484 e. The number of ketones is 1. The van der Waals surface area contributed by atoms with Gasteiger partial charge in [-0.15, -0.1) is 0 Å². The number of rotatable bonds is 7. The molecule has 0 amide bonds. The van der Waals surface area contributed by atoms with Gasteiger partial charge in [0.15, 0.2) is 19.0 Å². The molecule has 3 nitrogen and oxygen atoms in total. The van der Waals surface area contributed by atoms with Crippen molar-refractivity contribution in [1.29, 1.82) is 0 Å². The molecule has 0 spiro atoms. The van der Waals surface area contributed by atoms with Crippen LogP contribution in [0.4, 0.5) is 26.3 Å². The Kier molecular flexibility index (Phi) is 6.94. The highest BCUT2D eigenvalue weighted by atomic mass is 19.4. The lowest BCUT2D eigenvalue weighted by atomic mass is 10.1. The second-order valence-electron chi connectivity index (χ2n) is 6.07. The molecule has 2 aromatic rings. The molecule has 0 fully saturated rings. The van der Waals surface area contributed by atoms with E-state index in [1.54, 1.807) is 24.3 Å². The topological polar surface area (TPSA) is 35.5 Å². The molecular formula is C20H16F6O3. The molecule has 0 heterocycles. The second-order valence-corrected chi connectivity index (χ2v) is 6.07. The van der Waals surface area contributed by atoms with Crippen LogP contribution in [0.25, 0.3) is 6.08 Å². The van der Waals surface area contributed by atoms with E-state index in [1.165, 1.54) is 6.08 Å². The van der Waals surface area contributed by atoms with Gasteiger partial charge in [0.1, 0.15) is 11.5 Å². The van der Waals surface area contributed by atoms with Gasteiger partial charge in [-0.25, -0.2) is 0 Å². The first-order chi connectivity index (χ1) is 13.4. The monoisotopic (exact) mass is 418 g/mol. The maximum Gasteiger partial charge on any atom is 0.422 e. The fraction of sp³-hybridized carbons (Fsp3) is 0.250.